The van der Waals surface area contributed by atoms with Crippen molar-refractivity contribution in [2.24, 2.45) is 5.92 Å². The lowest BCUT2D eigenvalue weighted by Gasteiger charge is -2.37. The summed E-state index contributed by atoms with van der Waals surface area (Å²) < 4.78 is 5.46. The molecule has 0 spiro atoms. The average molecular weight is 196 g/mol. The molecule has 0 bridgehead atoms. The van der Waals surface area contributed by atoms with Crippen molar-refractivity contribution in [3.05, 3.63) is 12.2 Å². The summed E-state index contributed by atoms with van der Waals surface area (Å²) in [6.07, 6.45) is 3.97. The summed E-state index contributed by atoms with van der Waals surface area (Å²) in [5.41, 5.74) is 0.0460. The number of Topliss-reactive ketones (excluding diaryl/α,β-unsaturated/α-hetero) is 1. The Morgan fingerprint density at radius 1 is 1.57 bits per heavy atom. The number of rotatable bonds is 3. The van der Waals surface area contributed by atoms with Crippen molar-refractivity contribution in [3.63, 3.8) is 0 Å². The van der Waals surface area contributed by atoms with Crippen LogP contribution in [-0.2, 0) is 9.53 Å². The van der Waals surface area contributed by atoms with Crippen molar-refractivity contribution in [2.75, 3.05) is 7.11 Å². The van der Waals surface area contributed by atoms with Crippen LogP contribution < -0.4 is 0 Å². The maximum absolute atomic E-state index is 12.0. The van der Waals surface area contributed by atoms with E-state index >= 15 is 0 Å². The molecule has 0 heterocycles. The topological polar surface area (TPSA) is 26.3 Å². The first kappa shape index (κ1) is 11.4. The van der Waals surface area contributed by atoms with Crippen LogP contribution in [0.1, 0.15) is 39.5 Å². The van der Waals surface area contributed by atoms with Gasteiger partial charge >= 0.3 is 0 Å². The number of ether oxygens (including phenoxy) is 1. The Morgan fingerprint density at radius 2 is 2.21 bits per heavy atom. The molecule has 0 aromatic heterocycles. The molecule has 0 saturated heterocycles. The summed E-state index contributed by atoms with van der Waals surface area (Å²) in [6.45, 7) is 7.66. The molecule has 1 rings (SSSR count). The van der Waals surface area contributed by atoms with E-state index < -0.39 is 5.60 Å². The Balaban J connectivity index is 2.84. The third kappa shape index (κ3) is 2.06. The van der Waals surface area contributed by atoms with Gasteiger partial charge in [-0.25, -0.2) is 0 Å². The van der Waals surface area contributed by atoms with E-state index in [-0.39, 0.29) is 5.78 Å². The van der Waals surface area contributed by atoms with Crippen LogP contribution in [0, 0.1) is 5.92 Å². The van der Waals surface area contributed by atoms with E-state index in [0.717, 1.165) is 19.3 Å². The van der Waals surface area contributed by atoms with Crippen LogP contribution >= 0.6 is 0 Å². The van der Waals surface area contributed by atoms with E-state index in [9.17, 15) is 4.79 Å². The summed E-state index contributed by atoms with van der Waals surface area (Å²) in [5, 5.41) is 0. The van der Waals surface area contributed by atoms with Crippen LogP contribution in [0.5, 0.6) is 0 Å². The Labute approximate surface area is 86.3 Å². The fourth-order valence-electron chi connectivity index (χ4n) is 2.38. The normalized spacial score (nSPS) is 32.6. The number of hydrogen-bond acceptors (Lipinski definition) is 2. The van der Waals surface area contributed by atoms with Gasteiger partial charge in [-0.05, 0) is 37.7 Å². The third-order valence-electron chi connectivity index (χ3n) is 3.15. The summed E-state index contributed by atoms with van der Waals surface area (Å²) in [4.78, 5) is 12.0. The van der Waals surface area contributed by atoms with Crippen LogP contribution in [0.2, 0.25) is 0 Å². The van der Waals surface area contributed by atoms with E-state index in [0.29, 0.717) is 11.5 Å². The zero-order chi connectivity index (χ0) is 10.8. The highest BCUT2D eigenvalue weighted by molar-refractivity contribution is 6.01. The number of carbonyl (C=O) groups excluding carboxylic acids is 1. The van der Waals surface area contributed by atoms with Gasteiger partial charge in [-0.1, -0.05) is 19.9 Å². The zero-order valence-electron chi connectivity index (χ0n) is 9.43. The highest BCUT2D eigenvalue weighted by atomic mass is 16.5. The summed E-state index contributed by atoms with van der Waals surface area (Å²) in [5.74, 6) is 0.665. The minimum absolute atomic E-state index is 0.0894. The molecule has 2 heteroatoms. The summed E-state index contributed by atoms with van der Waals surface area (Å²) in [6, 6.07) is 0. The van der Waals surface area contributed by atoms with Gasteiger partial charge in [0.25, 0.3) is 0 Å². The Kier molecular flexibility index (Phi) is 3.48. The second-order valence-corrected chi connectivity index (χ2v) is 4.51. The molecule has 0 radical (unpaired) electrons. The van der Waals surface area contributed by atoms with Gasteiger partial charge in [-0.15, -0.1) is 0 Å². The van der Waals surface area contributed by atoms with E-state index in [1.165, 1.54) is 6.42 Å². The van der Waals surface area contributed by atoms with Crippen molar-refractivity contribution >= 4 is 5.78 Å². The molecule has 1 aliphatic rings. The number of ketones is 1. The molecule has 1 saturated carbocycles. The maximum Gasteiger partial charge on any atom is 0.189 e. The maximum atomic E-state index is 12.0. The molecule has 0 aromatic rings. The molecular formula is C12H20O2. The lowest BCUT2D eigenvalue weighted by Crippen LogP contribution is -2.44. The Bertz CT molecular complexity index is 245. The predicted octanol–water partition coefficient (Wildman–Crippen LogP) is 2.73. The van der Waals surface area contributed by atoms with Gasteiger partial charge in [0.2, 0.25) is 0 Å². The van der Waals surface area contributed by atoms with Crippen molar-refractivity contribution in [2.45, 2.75) is 45.1 Å². The molecule has 2 atom stereocenters. The van der Waals surface area contributed by atoms with Crippen LogP contribution in [0.25, 0.3) is 0 Å². The fourth-order valence-corrected chi connectivity index (χ4v) is 2.38. The van der Waals surface area contributed by atoms with E-state index in [1.54, 1.807) is 14.0 Å². The van der Waals surface area contributed by atoms with Crippen molar-refractivity contribution in [1.29, 1.82) is 0 Å². The molecule has 2 unspecified atom stereocenters. The standard InChI is InChI=1S/C12H20O2/c1-9(2)11(13)12(14-4)7-5-6-10(3)8-12/h10H,1,5-8H2,2-4H3. The van der Waals surface area contributed by atoms with Gasteiger partial charge in [0.1, 0.15) is 5.60 Å². The molecule has 1 fully saturated rings. The quantitative estimate of drug-likeness (QED) is 0.649. The van der Waals surface area contributed by atoms with Crippen molar-refractivity contribution < 1.29 is 9.53 Å². The summed E-state index contributed by atoms with van der Waals surface area (Å²) >= 11 is 0. The molecule has 2 nitrogen and oxygen atoms in total. The van der Waals surface area contributed by atoms with E-state index in [2.05, 4.69) is 13.5 Å². The monoisotopic (exact) mass is 196 g/mol. The largest absolute Gasteiger partial charge is 0.370 e. The lowest BCUT2D eigenvalue weighted by atomic mass is 9.75. The second-order valence-electron chi connectivity index (χ2n) is 4.51. The molecule has 80 valence electrons. The molecule has 0 aromatic carbocycles. The molecule has 0 aliphatic heterocycles. The highest BCUT2D eigenvalue weighted by Gasteiger charge is 2.41. The predicted molar refractivity (Wildman–Crippen MR) is 57.2 cm³/mol. The number of hydrogen-bond donors (Lipinski definition) is 0. The smallest absolute Gasteiger partial charge is 0.189 e. The van der Waals surface area contributed by atoms with Crippen molar-refractivity contribution in [1.82, 2.24) is 0 Å². The zero-order valence-corrected chi connectivity index (χ0v) is 9.43. The summed E-state index contributed by atoms with van der Waals surface area (Å²) in [7, 11) is 1.64. The van der Waals surface area contributed by atoms with Crippen LogP contribution in [0.15, 0.2) is 12.2 Å². The first-order valence-electron chi connectivity index (χ1n) is 5.27. The SMILES string of the molecule is C=C(C)C(=O)C1(OC)CCCC(C)C1. The van der Waals surface area contributed by atoms with Gasteiger partial charge in [0.05, 0.1) is 0 Å². The highest BCUT2D eigenvalue weighted by Crippen LogP contribution is 2.36. The number of carbonyl (C=O) groups is 1. The molecule has 14 heavy (non-hydrogen) atoms. The molecule has 0 N–H and O–H groups in total. The Hall–Kier alpha value is -0.630. The van der Waals surface area contributed by atoms with Gasteiger partial charge in [0.15, 0.2) is 5.78 Å². The molecule has 0 amide bonds. The minimum atomic E-state index is -0.566. The molecular weight excluding hydrogens is 176 g/mol. The minimum Gasteiger partial charge on any atom is -0.370 e. The third-order valence-corrected chi connectivity index (χ3v) is 3.15. The van der Waals surface area contributed by atoms with E-state index in [1.807, 2.05) is 0 Å². The van der Waals surface area contributed by atoms with Crippen molar-refractivity contribution in [3.8, 4) is 0 Å². The van der Waals surface area contributed by atoms with Gasteiger partial charge < -0.3 is 4.74 Å². The van der Waals surface area contributed by atoms with Gasteiger partial charge in [0, 0.05) is 7.11 Å². The van der Waals surface area contributed by atoms with Crippen LogP contribution in [0.4, 0.5) is 0 Å². The van der Waals surface area contributed by atoms with Crippen LogP contribution in [-0.4, -0.2) is 18.5 Å². The van der Waals surface area contributed by atoms with E-state index in [4.69, 9.17) is 4.74 Å². The fraction of sp³-hybridized carbons (Fsp3) is 0.750. The average Bonchev–Trinajstić information content (AvgIpc) is 2.16. The first-order chi connectivity index (χ1) is 6.52. The van der Waals surface area contributed by atoms with Gasteiger partial charge in [-0.2, -0.15) is 0 Å². The van der Waals surface area contributed by atoms with Crippen LogP contribution in [0.3, 0.4) is 0 Å². The first-order valence-corrected chi connectivity index (χ1v) is 5.27. The second kappa shape index (κ2) is 4.26. The lowest BCUT2D eigenvalue weighted by molar-refractivity contribution is -0.142. The Morgan fingerprint density at radius 3 is 2.64 bits per heavy atom. The molecule has 1 aliphatic carbocycles. The number of methoxy groups -OCH3 is 1. The van der Waals surface area contributed by atoms with Gasteiger partial charge in [-0.3, -0.25) is 4.79 Å².